The van der Waals surface area contributed by atoms with Crippen LogP contribution in [0.5, 0.6) is 0 Å². The SMILES string of the molecule is CCc1ccc(NC(=O)c2c(Cl)c(Cl)c(Cl)c(Cl)c2C(=O)O)cc1. The molecule has 0 saturated heterocycles. The first-order valence-electron chi connectivity index (χ1n) is 6.77. The molecule has 0 saturated carbocycles. The Balaban J connectivity index is 2.50. The lowest BCUT2D eigenvalue weighted by Gasteiger charge is -2.14. The van der Waals surface area contributed by atoms with Crippen LogP contribution in [0.3, 0.4) is 0 Å². The van der Waals surface area contributed by atoms with E-state index in [1.54, 1.807) is 12.1 Å². The molecule has 0 atom stereocenters. The van der Waals surface area contributed by atoms with Crippen LogP contribution in [0.15, 0.2) is 24.3 Å². The number of aryl methyl sites for hydroxylation is 1. The Hall–Kier alpha value is -1.46. The Kier molecular flexibility index (Phi) is 5.99. The molecule has 0 aromatic heterocycles. The fraction of sp³-hybridized carbons (Fsp3) is 0.125. The number of anilines is 1. The van der Waals surface area contributed by atoms with E-state index in [2.05, 4.69) is 5.32 Å². The van der Waals surface area contributed by atoms with Crippen LogP contribution < -0.4 is 5.32 Å². The summed E-state index contributed by atoms with van der Waals surface area (Å²) in [6, 6.07) is 7.09. The van der Waals surface area contributed by atoms with Gasteiger partial charge in [0, 0.05) is 5.69 Å². The average Bonchev–Trinajstić information content (AvgIpc) is 2.56. The van der Waals surface area contributed by atoms with Crippen LogP contribution >= 0.6 is 46.4 Å². The monoisotopic (exact) mass is 405 g/mol. The summed E-state index contributed by atoms with van der Waals surface area (Å²) in [5.41, 5.74) is 0.725. The predicted molar refractivity (Wildman–Crippen MR) is 97.2 cm³/mol. The number of carboxylic acids is 1. The topological polar surface area (TPSA) is 66.4 Å². The molecule has 0 aliphatic carbocycles. The van der Waals surface area contributed by atoms with E-state index >= 15 is 0 Å². The largest absolute Gasteiger partial charge is 0.478 e. The standard InChI is InChI=1S/C16H11Cl4NO3/c1-2-7-3-5-8(6-4-7)21-15(22)9-10(16(23)24)12(18)14(20)13(19)11(9)17/h3-6H,2H2,1H3,(H,21,22)(H,23,24). The lowest BCUT2D eigenvalue weighted by molar-refractivity contribution is 0.0692. The molecule has 0 fully saturated rings. The van der Waals surface area contributed by atoms with Crippen molar-refractivity contribution in [2.75, 3.05) is 5.32 Å². The molecule has 0 unspecified atom stereocenters. The summed E-state index contributed by atoms with van der Waals surface area (Å²) in [5, 5.41) is 10.9. The summed E-state index contributed by atoms with van der Waals surface area (Å²) >= 11 is 23.7. The third kappa shape index (κ3) is 3.62. The van der Waals surface area contributed by atoms with Gasteiger partial charge in [-0.15, -0.1) is 0 Å². The minimum absolute atomic E-state index is 0.181. The van der Waals surface area contributed by atoms with Gasteiger partial charge in [-0.3, -0.25) is 4.79 Å². The summed E-state index contributed by atoms with van der Waals surface area (Å²) in [5.74, 6) is -2.19. The predicted octanol–water partition coefficient (Wildman–Crippen LogP) is 5.81. The van der Waals surface area contributed by atoms with Crippen LogP contribution in [0.25, 0.3) is 0 Å². The molecule has 2 N–H and O–H groups in total. The molecule has 126 valence electrons. The summed E-state index contributed by atoms with van der Waals surface area (Å²) in [7, 11) is 0. The molecule has 24 heavy (non-hydrogen) atoms. The zero-order chi connectivity index (χ0) is 18.0. The molecule has 0 aliphatic heterocycles. The Morgan fingerprint density at radius 3 is 1.88 bits per heavy atom. The van der Waals surface area contributed by atoms with Crippen molar-refractivity contribution in [1.82, 2.24) is 0 Å². The number of carbonyl (C=O) groups excluding carboxylic acids is 1. The Labute approximate surface area is 158 Å². The quantitative estimate of drug-likeness (QED) is 0.497. The first-order chi connectivity index (χ1) is 11.3. The van der Waals surface area contributed by atoms with Gasteiger partial charge in [-0.05, 0) is 24.1 Å². The lowest BCUT2D eigenvalue weighted by atomic mass is 10.1. The summed E-state index contributed by atoms with van der Waals surface area (Å²) in [4.78, 5) is 24.0. The second-order valence-electron chi connectivity index (χ2n) is 4.82. The molecule has 4 nitrogen and oxygen atoms in total. The Bertz CT molecular complexity index is 819. The number of hydrogen-bond acceptors (Lipinski definition) is 2. The fourth-order valence-corrected chi connectivity index (χ4v) is 3.08. The molecule has 2 aromatic carbocycles. The van der Waals surface area contributed by atoms with E-state index in [1.807, 2.05) is 19.1 Å². The lowest BCUT2D eigenvalue weighted by Crippen LogP contribution is -2.18. The van der Waals surface area contributed by atoms with Crippen LogP contribution in [-0.2, 0) is 6.42 Å². The highest BCUT2D eigenvalue weighted by atomic mass is 35.5. The second-order valence-corrected chi connectivity index (χ2v) is 6.33. The molecule has 0 heterocycles. The van der Waals surface area contributed by atoms with Crippen LogP contribution in [0.1, 0.15) is 33.2 Å². The van der Waals surface area contributed by atoms with E-state index in [0.29, 0.717) is 5.69 Å². The number of halogens is 4. The normalized spacial score (nSPS) is 10.5. The van der Waals surface area contributed by atoms with Crippen molar-refractivity contribution in [2.45, 2.75) is 13.3 Å². The van der Waals surface area contributed by atoms with Gasteiger partial charge in [-0.2, -0.15) is 0 Å². The molecule has 0 radical (unpaired) electrons. The third-order valence-electron chi connectivity index (χ3n) is 3.33. The van der Waals surface area contributed by atoms with Crippen molar-refractivity contribution in [3.8, 4) is 0 Å². The molecule has 2 rings (SSSR count). The molecule has 8 heteroatoms. The number of amides is 1. The van der Waals surface area contributed by atoms with Gasteiger partial charge in [-0.25, -0.2) is 4.79 Å². The van der Waals surface area contributed by atoms with Crippen molar-refractivity contribution in [3.05, 3.63) is 61.0 Å². The fourth-order valence-electron chi connectivity index (χ4n) is 2.06. The number of benzene rings is 2. The van der Waals surface area contributed by atoms with Crippen molar-refractivity contribution in [1.29, 1.82) is 0 Å². The summed E-state index contributed by atoms with van der Waals surface area (Å²) in [6.45, 7) is 2.00. The molecular weight excluding hydrogens is 396 g/mol. The minimum Gasteiger partial charge on any atom is -0.478 e. The van der Waals surface area contributed by atoms with Gasteiger partial charge < -0.3 is 10.4 Å². The van der Waals surface area contributed by atoms with E-state index in [4.69, 9.17) is 46.4 Å². The smallest absolute Gasteiger partial charge is 0.338 e. The average molecular weight is 407 g/mol. The number of hydrogen-bond donors (Lipinski definition) is 2. The van der Waals surface area contributed by atoms with Crippen molar-refractivity contribution in [2.24, 2.45) is 0 Å². The van der Waals surface area contributed by atoms with Gasteiger partial charge in [0.25, 0.3) is 5.91 Å². The summed E-state index contributed by atoms with van der Waals surface area (Å²) in [6.07, 6.45) is 0.853. The maximum atomic E-state index is 12.5. The molecule has 2 aromatic rings. The maximum absolute atomic E-state index is 12.5. The highest BCUT2D eigenvalue weighted by Crippen LogP contribution is 2.41. The highest BCUT2D eigenvalue weighted by molar-refractivity contribution is 6.54. The van der Waals surface area contributed by atoms with E-state index in [-0.39, 0.29) is 25.7 Å². The number of rotatable bonds is 4. The highest BCUT2D eigenvalue weighted by Gasteiger charge is 2.28. The van der Waals surface area contributed by atoms with Gasteiger partial charge in [0.2, 0.25) is 0 Å². The number of carbonyl (C=O) groups is 2. The summed E-state index contributed by atoms with van der Waals surface area (Å²) < 4.78 is 0. The zero-order valence-corrected chi connectivity index (χ0v) is 15.3. The van der Waals surface area contributed by atoms with Gasteiger partial charge >= 0.3 is 5.97 Å². The van der Waals surface area contributed by atoms with Crippen LogP contribution in [0.2, 0.25) is 20.1 Å². The van der Waals surface area contributed by atoms with Crippen LogP contribution in [0, 0.1) is 0 Å². The first kappa shape index (κ1) is 18.9. The Morgan fingerprint density at radius 2 is 1.42 bits per heavy atom. The van der Waals surface area contributed by atoms with Crippen LogP contribution in [-0.4, -0.2) is 17.0 Å². The van der Waals surface area contributed by atoms with Gasteiger partial charge in [0.05, 0.1) is 31.2 Å². The maximum Gasteiger partial charge on any atom is 0.338 e. The van der Waals surface area contributed by atoms with E-state index in [1.165, 1.54) is 0 Å². The molecule has 0 aliphatic rings. The van der Waals surface area contributed by atoms with Gasteiger partial charge in [-0.1, -0.05) is 65.5 Å². The first-order valence-corrected chi connectivity index (χ1v) is 8.28. The zero-order valence-electron chi connectivity index (χ0n) is 12.3. The number of aromatic carboxylic acids is 1. The van der Waals surface area contributed by atoms with E-state index in [9.17, 15) is 14.7 Å². The van der Waals surface area contributed by atoms with Gasteiger partial charge in [0.15, 0.2) is 0 Å². The molecule has 0 bridgehead atoms. The van der Waals surface area contributed by atoms with Crippen molar-refractivity contribution >= 4 is 64.0 Å². The minimum atomic E-state index is -1.44. The van der Waals surface area contributed by atoms with E-state index < -0.39 is 17.4 Å². The van der Waals surface area contributed by atoms with Crippen molar-refractivity contribution in [3.63, 3.8) is 0 Å². The number of nitrogens with one attached hydrogen (secondary N) is 1. The van der Waals surface area contributed by atoms with Gasteiger partial charge in [0.1, 0.15) is 0 Å². The third-order valence-corrected chi connectivity index (χ3v) is 5.13. The van der Waals surface area contributed by atoms with Crippen LogP contribution in [0.4, 0.5) is 5.69 Å². The number of carboxylic acid groups (broad SMARTS) is 1. The Morgan fingerprint density at radius 1 is 0.917 bits per heavy atom. The van der Waals surface area contributed by atoms with Crippen molar-refractivity contribution < 1.29 is 14.7 Å². The molecular formula is C16H11Cl4NO3. The molecule has 1 amide bonds. The second kappa shape index (κ2) is 7.62. The van der Waals surface area contributed by atoms with E-state index in [0.717, 1.165) is 12.0 Å². The molecule has 0 spiro atoms.